The predicted octanol–water partition coefficient (Wildman–Crippen LogP) is 2.25. The maximum Gasteiger partial charge on any atom is 0.240 e. The molecule has 11 nitrogen and oxygen atoms in total. The van der Waals surface area contributed by atoms with Crippen LogP contribution in [0, 0.1) is 22.7 Å². The quantitative estimate of drug-likeness (QED) is 0.463. The number of nitriles is 2. The standard InChI is InChI=1S/C22H22N8O3S/c23-11-14-7-17(9-19(8-14)34(31,32)29-16-3-5-33-6-4-16)27-21-10-20(26-15-1-2-15)22-25-13-18(12-24)30(22)28-21/h7-10,13,15-16,26,29H,1-6H2,(H,27,28). The number of rotatable bonds is 7. The third-order valence-electron chi connectivity index (χ3n) is 5.68. The molecule has 0 amide bonds. The number of nitrogens with one attached hydrogen (secondary N) is 3. The maximum absolute atomic E-state index is 13.0. The van der Waals surface area contributed by atoms with Gasteiger partial charge in [0.25, 0.3) is 0 Å². The molecule has 2 fully saturated rings. The van der Waals surface area contributed by atoms with Crippen molar-refractivity contribution in [2.45, 2.75) is 42.7 Å². The third-order valence-corrected chi connectivity index (χ3v) is 7.18. The second kappa shape index (κ2) is 8.91. The summed E-state index contributed by atoms with van der Waals surface area (Å²) in [7, 11) is -3.85. The first-order chi connectivity index (χ1) is 16.4. The fraction of sp³-hybridized carbons (Fsp3) is 0.364. The Kier molecular flexibility index (Phi) is 5.79. The fourth-order valence-electron chi connectivity index (χ4n) is 3.80. The van der Waals surface area contributed by atoms with E-state index in [1.807, 2.05) is 6.07 Å². The molecule has 0 bridgehead atoms. The molecule has 1 saturated carbocycles. The van der Waals surface area contributed by atoms with Crippen molar-refractivity contribution in [3.8, 4) is 12.1 Å². The highest BCUT2D eigenvalue weighted by Crippen LogP contribution is 2.30. The molecular weight excluding hydrogens is 456 g/mol. The molecule has 2 aliphatic rings. The molecule has 3 N–H and O–H groups in total. The first kappa shape index (κ1) is 22.1. The van der Waals surface area contributed by atoms with E-state index in [-0.39, 0.29) is 22.2 Å². The third kappa shape index (κ3) is 4.65. The van der Waals surface area contributed by atoms with Gasteiger partial charge in [0.05, 0.1) is 28.4 Å². The fourth-order valence-corrected chi connectivity index (χ4v) is 5.18. The Labute approximate surface area is 196 Å². The maximum atomic E-state index is 13.0. The van der Waals surface area contributed by atoms with Crippen LogP contribution in [0.4, 0.5) is 17.2 Å². The van der Waals surface area contributed by atoms with Gasteiger partial charge in [-0.1, -0.05) is 0 Å². The van der Waals surface area contributed by atoms with E-state index in [0.717, 1.165) is 12.8 Å². The zero-order chi connectivity index (χ0) is 23.7. The summed E-state index contributed by atoms with van der Waals surface area (Å²) in [4.78, 5) is 4.28. The first-order valence-electron chi connectivity index (χ1n) is 10.9. The van der Waals surface area contributed by atoms with Crippen LogP contribution in [0.15, 0.2) is 35.4 Å². The molecule has 3 aromatic rings. The number of nitrogens with zero attached hydrogens (tertiary/aromatic N) is 5. The lowest BCUT2D eigenvalue weighted by Crippen LogP contribution is -2.38. The molecule has 3 heterocycles. The van der Waals surface area contributed by atoms with Crippen LogP contribution in [0.25, 0.3) is 5.65 Å². The summed E-state index contributed by atoms with van der Waals surface area (Å²) in [5.74, 6) is 0.376. The summed E-state index contributed by atoms with van der Waals surface area (Å²) in [6.07, 6.45) is 4.74. The van der Waals surface area contributed by atoms with Gasteiger partial charge in [-0.25, -0.2) is 18.1 Å². The zero-order valence-corrected chi connectivity index (χ0v) is 19.0. The van der Waals surface area contributed by atoms with Gasteiger partial charge in [-0.15, -0.1) is 5.10 Å². The number of fused-ring (bicyclic) bond motifs is 1. The van der Waals surface area contributed by atoms with Gasteiger partial charge in [-0.05, 0) is 43.9 Å². The number of benzene rings is 1. The van der Waals surface area contributed by atoms with Crippen LogP contribution in [-0.2, 0) is 14.8 Å². The molecule has 0 unspecified atom stereocenters. The zero-order valence-electron chi connectivity index (χ0n) is 18.2. The number of hydrogen-bond donors (Lipinski definition) is 3. The van der Waals surface area contributed by atoms with Gasteiger partial charge in [0.15, 0.2) is 17.2 Å². The van der Waals surface area contributed by atoms with Crippen LogP contribution in [0.1, 0.15) is 36.9 Å². The molecule has 34 heavy (non-hydrogen) atoms. The SMILES string of the molecule is N#Cc1cc(Nc2cc(NC3CC3)c3ncc(C#N)n3n2)cc(S(=O)(=O)NC2CCOCC2)c1. The highest BCUT2D eigenvalue weighted by molar-refractivity contribution is 7.89. The van der Waals surface area contributed by atoms with E-state index < -0.39 is 10.0 Å². The van der Waals surface area contributed by atoms with E-state index in [4.69, 9.17) is 4.74 Å². The van der Waals surface area contributed by atoms with Gasteiger partial charge >= 0.3 is 0 Å². The van der Waals surface area contributed by atoms with E-state index in [9.17, 15) is 18.9 Å². The minimum atomic E-state index is -3.85. The molecule has 0 radical (unpaired) electrons. The average Bonchev–Trinajstić information content (AvgIpc) is 3.55. The second-order valence-electron chi connectivity index (χ2n) is 8.34. The average molecular weight is 479 g/mol. The summed E-state index contributed by atoms with van der Waals surface area (Å²) >= 11 is 0. The summed E-state index contributed by atoms with van der Waals surface area (Å²) in [5, 5.41) is 29.8. The normalized spacial score (nSPS) is 16.6. The number of ether oxygens (including phenoxy) is 1. The highest BCUT2D eigenvalue weighted by Gasteiger charge is 2.25. The molecule has 0 atom stereocenters. The van der Waals surface area contributed by atoms with Crippen molar-refractivity contribution in [2.24, 2.45) is 0 Å². The molecule has 1 aliphatic carbocycles. The van der Waals surface area contributed by atoms with E-state index in [1.165, 1.54) is 22.8 Å². The number of imidazole rings is 1. The summed E-state index contributed by atoms with van der Waals surface area (Å²) in [6, 6.07) is 10.3. The van der Waals surface area contributed by atoms with Gasteiger partial charge in [-0.3, -0.25) is 0 Å². The summed E-state index contributed by atoms with van der Waals surface area (Å²) in [6.45, 7) is 1.01. The van der Waals surface area contributed by atoms with Gasteiger partial charge in [0, 0.05) is 37.1 Å². The lowest BCUT2D eigenvalue weighted by atomic mass is 10.1. The van der Waals surface area contributed by atoms with Crippen LogP contribution in [0.3, 0.4) is 0 Å². The molecule has 0 spiro atoms. The lowest BCUT2D eigenvalue weighted by Gasteiger charge is -2.23. The summed E-state index contributed by atoms with van der Waals surface area (Å²) < 4.78 is 35.5. The molecule has 174 valence electrons. The van der Waals surface area contributed by atoms with Gasteiger partial charge in [-0.2, -0.15) is 15.0 Å². The van der Waals surface area contributed by atoms with Crippen molar-refractivity contribution in [1.29, 1.82) is 10.5 Å². The van der Waals surface area contributed by atoms with E-state index in [0.29, 0.717) is 54.9 Å². The number of hydrogen-bond acceptors (Lipinski definition) is 9. The topological polar surface area (TPSA) is 157 Å². The van der Waals surface area contributed by atoms with Crippen molar-refractivity contribution in [2.75, 3.05) is 23.8 Å². The van der Waals surface area contributed by atoms with Crippen LogP contribution in [0.5, 0.6) is 0 Å². The van der Waals surface area contributed by atoms with Gasteiger partial charge in [0.2, 0.25) is 10.0 Å². The van der Waals surface area contributed by atoms with Crippen molar-refractivity contribution >= 4 is 32.9 Å². The van der Waals surface area contributed by atoms with Crippen LogP contribution >= 0.6 is 0 Å². The molecule has 1 aliphatic heterocycles. The summed E-state index contributed by atoms with van der Waals surface area (Å²) in [5.41, 5.74) is 2.09. The van der Waals surface area contributed by atoms with Crippen molar-refractivity contribution in [3.63, 3.8) is 0 Å². The van der Waals surface area contributed by atoms with E-state index in [2.05, 4.69) is 31.5 Å². The number of aromatic nitrogens is 3. The van der Waals surface area contributed by atoms with Crippen molar-refractivity contribution in [1.82, 2.24) is 19.3 Å². The van der Waals surface area contributed by atoms with Crippen LogP contribution in [-0.4, -0.2) is 48.3 Å². The molecule has 5 rings (SSSR count). The molecule has 12 heteroatoms. The highest BCUT2D eigenvalue weighted by atomic mass is 32.2. The minimum absolute atomic E-state index is 0.0155. The van der Waals surface area contributed by atoms with Crippen LogP contribution < -0.4 is 15.4 Å². The second-order valence-corrected chi connectivity index (χ2v) is 10.1. The minimum Gasteiger partial charge on any atom is -0.381 e. The van der Waals surface area contributed by atoms with Gasteiger partial charge in [0.1, 0.15) is 6.07 Å². The Morgan fingerprint density at radius 1 is 1.03 bits per heavy atom. The van der Waals surface area contributed by atoms with Gasteiger partial charge < -0.3 is 15.4 Å². The predicted molar refractivity (Wildman–Crippen MR) is 123 cm³/mol. The number of sulfonamides is 1. The Morgan fingerprint density at radius 2 is 1.82 bits per heavy atom. The molecule has 1 aromatic carbocycles. The van der Waals surface area contributed by atoms with E-state index in [1.54, 1.807) is 12.1 Å². The Hall–Kier alpha value is -3.71. The largest absolute Gasteiger partial charge is 0.381 e. The Morgan fingerprint density at radius 3 is 2.53 bits per heavy atom. The van der Waals surface area contributed by atoms with Crippen molar-refractivity contribution in [3.05, 3.63) is 41.7 Å². The van der Waals surface area contributed by atoms with E-state index >= 15 is 0 Å². The first-order valence-corrected chi connectivity index (χ1v) is 12.4. The monoisotopic (exact) mass is 478 g/mol. The smallest absolute Gasteiger partial charge is 0.240 e. The Balaban J connectivity index is 1.48. The molecule has 2 aromatic heterocycles. The number of anilines is 3. The Bertz CT molecular complexity index is 1430. The molecule has 1 saturated heterocycles. The molecular formula is C22H22N8O3S. The lowest BCUT2D eigenvalue weighted by molar-refractivity contribution is 0.0832. The van der Waals surface area contributed by atoms with Crippen LogP contribution in [0.2, 0.25) is 0 Å². The van der Waals surface area contributed by atoms with Crippen molar-refractivity contribution < 1.29 is 13.2 Å².